The average molecular weight is 422 g/mol. The summed E-state index contributed by atoms with van der Waals surface area (Å²) in [4.78, 5) is 32.5. The van der Waals surface area contributed by atoms with Crippen molar-refractivity contribution in [3.63, 3.8) is 0 Å². The summed E-state index contributed by atoms with van der Waals surface area (Å²) in [6.07, 6.45) is 6.72. The van der Waals surface area contributed by atoms with Gasteiger partial charge in [0, 0.05) is 37.3 Å². The molecule has 1 fully saturated rings. The molecule has 1 saturated carbocycles. The first-order valence-electron chi connectivity index (χ1n) is 10.8. The van der Waals surface area contributed by atoms with Crippen molar-refractivity contribution in [2.24, 2.45) is 21.7 Å². The first-order valence-corrected chi connectivity index (χ1v) is 11.6. The van der Waals surface area contributed by atoms with Gasteiger partial charge in [-0.25, -0.2) is 4.99 Å². The van der Waals surface area contributed by atoms with E-state index >= 15 is 0 Å². The number of amides is 2. The lowest BCUT2D eigenvalue weighted by molar-refractivity contribution is -0.140. The summed E-state index contributed by atoms with van der Waals surface area (Å²) >= 11 is 1.57. The quantitative estimate of drug-likeness (QED) is 0.697. The molecule has 0 saturated heterocycles. The van der Waals surface area contributed by atoms with E-state index < -0.39 is 10.8 Å². The number of carbonyl (C=O) groups excluding carboxylic acids is 2. The van der Waals surface area contributed by atoms with Crippen LogP contribution >= 0.6 is 11.5 Å². The van der Waals surface area contributed by atoms with Gasteiger partial charge in [-0.05, 0) is 63.4 Å². The van der Waals surface area contributed by atoms with E-state index in [-0.39, 0.29) is 23.3 Å². The van der Waals surface area contributed by atoms with Crippen LogP contribution in [0.1, 0.15) is 79.7 Å². The van der Waals surface area contributed by atoms with Crippen LogP contribution in [0.5, 0.6) is 0 Å². The van der Waals surface area contributed by atoms with E-state index in [1.54, 1.807) is 30.5 Å². The molecule has 1 aliphatic carbocycles. The van der Waals surface area contributed by atoms with E-state index in [0.717, 1.165) is 35.9 Å². The molecule has 1 aliphatic rings. The summed E-state index contributed by atoms with van der Waals surface area (Å²) < 4.78 is 3.03. The number of aryl methyl sites for hydroxylation is 1. The first kappa shape index (κ1) is 23.8. The number of aromatic nitrogens is 1. The molecule has 0 bridgehead atoms. The molecule has 1 aromatic heterocycles. The SMILES string of the molecule is CCCCc1cn(C(C)(C)C)s/c1=N\C(=O)[C@]1(C)CC[C@H](C(=O)N(C)C)C1(C)C. The van der Waals surface area contributed by atoms with Crippen LogP contribution in [-0.2, 0) is 21.5 Å². The molecule has 0 aliphatic heterocycles. The Morgan fingerprint density at radius 3 is 2.41 bits per heavy atom. The fraction of sp³-hybridized carbons (Fsp3) is 0.783. The van der Waals surface area contributed by atoms with Crippen molar-refractivity contribution in [3.05, 3.63) is 16.4 Å². The Kier molecular flexibility index (Phi) is 6.88. The Balaban J connectivity index is 2.45. The smallest absolute Gasteiger partial charge is 0.253 e. The third kappa shape index (κ3) is 4.52. The Labute approximate surface area is 180 Å². The molecular weight excluding hydrogens is 382 g/mol. The molecule has 0 unspecified atom stereocenters. The van der Waals surface area contributed by atoms with Crippen LogP contribution in [0.3, 0.4) is 0 Å². The average Bonchev–Trinajstić information content (AvgIpc) is 3.11. The van der Waals surface area contributed by atoms with Gasteiger partial charge in [-0.1, -0.05) is 34.1 Å². The molecule has 0 aromatic carbocycles. The minimum atomic E-state index is -0.637. The standard InChI is InChI=1S/C23H39N3O2S/c1-10-11-12-16-15-26(21(2,3)4)29-18(16)24-20(28)23(7)14-13-17(22(23,5)6)19(27)25(8)9/h15,17H,10-14H2,1-9H3/b24-18-/t17-,23+/m1/s1. The lowest BCUT2D eigenvalue weighted by atomic mass is 9.65. The number of unbranched alkanes of at least 4 members (excludes halogenated alkanes) is 1. The Bertz CT molecular complexity index is 826. The second kappa shape index (κ2) is 8.37. The number of hydrogen-bond donors (Lipinski definition) is 0. The van der Waals surface area contributed by atoms with Crippen LogP contribution in [-0.4, -0.2) is 34.8 Å². The molecule has 6 heteroatoms. The van der Waals surface area contributed by atoms with Crippen molar-refractivity contribution in [2.75, 3.05) is 14.1 Å². The minimum absolute atomic E-state index is 0.0395. The third-order valence-electron chi connectivity index (χ3n) is 6.83. The highest BCUT2D eigenvalue weighted by Gasteiger charge is 2.58. The summed E-state index contributed by atoms with van der Waals surface area (Å²) in [5.74, 6) is -0.127. The van der Waals surface area contributed by atoms with Gasteiger partial charge in [0.05, 0.1) is 5.41 Å². The summed E-state index contributed by atoms with van der Waals surface area (Å²) in [6.45, 7) is 14.8. The number of carbonyl (C=O) groups is 2. The van der Waals surface area contributed by atoms with Crippen molar-refractivity contribution in [2.45, 2.75) is 86.1 Å². The van der Waals surface area contributed by atoms with Gasteiger partial charge in [0.1, 0.15) is 4.67 Å². The minimum Gasteiger partial charge on any atom is -0.349 e. The molecule has 0 spiro atoms. The monoisotopic (exact) mass is 421 g/mol. The lowest BCUT2D eigenvalue weighted by Gasteiger charge is -2.39. The highest BCUT2D eigenvalue weighted by atomic mass is 32.1. The summed E-state index contributed by atoms with van der Waals surface area (Å²) in [5, 5.41) is 0. The molecule has 1 aromatic rings. The van der Waals surface area contributed by atoms with E-state index in [2.05, 4.69) is 56.7 Å². The van der Waals surface area contributed by atoms with Crippen molar-refractivity contribution < 1.29 is 9.59 Å². The van der Waals surface area contributed by atoms with E-state index in [4.69, 9.17) is 0 Å². The van der Waals surface area contributed by atoms with Crippen LogP contribution < -0.4 is 4.67 Å². The van der Waals surface area contributed by atoms with Crippen LogP contribution in [0.25, 0.3) is 0 Å². The summed E-state index contributed by atoms with van der Waals surface area (Å²) in [7, 11) is 3.58. The zero-order valence-corrected chi connectivity index (χ0v) is 20.6. The first-order chi connectivity index (χ1) is 13.3. The molecule has 164 valence electrons. The molecule has 0 N–H and O–H groups in total. The predicted molar refractivity (Wildman–Crippen MR) is 120 cm³/mol. The predicted octanol–water partition coefficient (Wildman–Crippen LogP) is 4.61. The Morgan fingerprint density at radius 2 is 1.90 bits per heavy atom. The number of nitrogens with zero attached hydrogens (tertiary/aromatic N) is 3. The maximum Gasteiger partial charge on any atom is 0.253 e. The van der Waals surface area contributed by atoms with Gasteiger partial charge in [0.2, 0.25) is 5.91 Å². The van der Waals surface area contributed by atoms with E-state index in [9.17, 15) is 9.59 Å². The lowest BCUT2D eigenvalue weighted by Crippen LogP contribution is -2.45. The van der Waals surface area contributed by atoms with E-state index in [1.165, 1.54) is 0 Å². The largest absolute Gasteiger partial charge is 0.349 e. The maximum absolute atomic E-state index is 13.5. The van der Waals surface area contributed by atoms with Gasteiger partial charge in [-0.2, -0.15) is 0 Å². The van der Waals surface area contributed by atoms with Gasteiger partial charge >= 0.3 is 0 Å². The van der Waals surface area contributed by atoms with E-state index in [0.29, 0.717) is 6.42 Å². The number of rotatable bonds is 5. The van der Waals surface area contributed by atoms with E-state index in [1.807, 2.05) is 6.92 Å². The van der Waals surface area contributed by atoms with Crippen LogP contribution in [0.4, 0.5) is 0 Å². The molecule has 29 heavy (non-hydrogen) atoms. The normalized spacial score (nSPS) is 24.7. The molecule has 0 radical (unpaired) electrons. The van der Waals surface area contributed by atoms with Crippen LogP contribution in [0, 0.1) is 16.7 Å². The van der Waals surface area contributed by atoms with Gasteiger partial charge < -0.3 is 4.90 Å². The molecule has 5 nitrogen and oxygen atoms in total. The second-order valence-corrected chi connectivity index (χ2v) is 11.4. The van der Waals surface area contributed by atoms with Gasteiger partial charge in [-0.15, -0.1) is 0 Å². The zero-order chi connectivity index (χ0) is 22.2. The van der Waals surface area contributed by atoms with Gasteiger partial charge in [-0.3, -0.25) is 13.5 Å². The highest BCUT2D eigenvalue weighted by Crippen LogP contribution is 2.56. The van der Waals surface area contributed by atoms with Crippen molar-refractivity contribution in [1.29, 1.82) is 0 Å². The third-order valence-corrected chi connectivity index (χ3v) is 8.21. The Morgan fingerprint density at radius 1 is 1.28 bits per heavy atom. The van der Waals surface area contributed by atoms with Gasteiger partial charge in [0.25, 0.3) is 5.91 Å². The second-order valence-electron chi connectivity index (χ2n) is 10.4. The topological polar surface area (TPSA) is 54.7 Å². The van der Waals surface area contributed by atoms with Gasteiger partial charge in [0.15, 0.2) is 0 Å². The molecule has 1 heterocycles. The zero-order valence-electron chi connectivity index (χ0n) is 19.8. The van der Waals surface area contributed by atoms with Crippen molar-refractivity contribution >= 4 is 23.3 Å². The maximum atomic E-state index is 13.5. The van der Waals surface area contributed by atoms with Crippen molar-refractivity contribution in [3.8, 4) is 0 Å². The number of hydrogen-bond acceptors (Lipinski definition) is 3. The van der Waals surface area contributed by atoms with Crippen LogP contribution in [0.15, 0.2) is 11.2 Å². The van der Waals surface area contributed by atoms with Crippen molar-refractivity contribution in [1.82, 2.24) is 8.86 Å². The molecule has 2 rings (SSSR count). The molecule has 2 atom stereocenters. The Hall–Kier alpha value is -1.43. The molecular formula is C23H39N3O2S. The fourth-order valence-electron chi connectivity index (χ4n) is 4.18. The summed E-state index contributed by atoms with van der Waals surface area (Å²) in [5.41, 5.74) is 0.0420. The van der Waals surface area contributed by atoms with Crippen LogP contribution in [0.2, 0.25) is 0 Å². The summed E-state index contributed by atoms with van der Waals surface area (Å²) in [6, 6.07) is 0. The molecule has 2 amide bonds. The fourth-order valence-corrected chi connectivity index (χ4v) is 5.21. The highest BCUT2D eigenvalue weighted by molar-refractivity contribution is 7.04.